The van der Waals surface area contributed by atoms with Gasteiger partial charge in [0.25, 0.3) is 0 Å². The summed E-state index contributed by atoms with van der Waals surface area (Å²) in [6.45, 7) is 4.13. The molecule has 1 aliphatic heterocycles. The van der Waals surface area contributed by atoms with Gasteiger partial charge in [0.2, 0.25) is 0 Å². The maximum absolute atomic E-state index is 5.56. The van der Waals surface area contributed by atoms with Gasteiger partial charge in [-0.1, -0.05) is 25.1 Å². The van der Waals surface area contributed by atoms with Gasteiger partial charge in [-0.2, -0.15) is 0 Å². The minimum atomic E-state index is 0. The van der Waals surface area contributed by atoms with Crippen LogP contribution >= 0.6 is 11.8 Å². The number of methoxy groups -OCH3 is 1. The third-order valence-corrected chi connectivity index (χ3v) is 3.80. The van der Waals surface area contributed by atoms with E-state index in [4.69, 9.17) is 9.47 Å². The van der Waals surface area contributed by atoms with E-state index in [-0.39, 0.29) is 68.9 Å². The number of rotatable bonds is 4. The number of benzene rings is 1. The monoisotopic (exact) mass is 370 g/mol. The minimum absolute atomic E-state index is 0. The molecule has 1 saturated heterocycles. The Morgan fingerprint density at radius 1 is 1.47 bits per heavy atom. The molecule has 0 saturated carbocycles. The molecular weight excluding hydrogens is 353 g/mol. The molecule has 2 atom stereocenters. The summed E-state index contributed by atoms with van der Waals surface area (Å²) in [5.41, 5.74) is 1.54. The van der Waals surface area contributed by atoms with Crippen LogP contribution in [0.1, 0.15) is 18.9 Å². The van der Waals surface area contributed by atoms with E-state index >= 15 is 0 Å². The molecule has 4 heteroatoms. The summed E-state index contributed by atoms with van der Waals surface area (Å²) in [5.74, 6) is 2.48. The summed E-state index contributed by atoms with van der Waals surface area (Å²) in [6.07, 6.45) is 1.11. The van der Waals surface area contributed by atoms with Crippen LogP contribution < -0.4 is 73.6 Å². The van der Waals surface area contributed by atoms with E-state index in [1.54, 1.807) is 7.11 Å². The van der Waals surface area contributed by atoms with Crippen LogP contribution in [-0.2, 0) is 10.5 Å². The Morgan fingerprint density at radius 2 is 2.24 bits per heavy atom. The van der Waals surface area contributed by atoms with Gasteiger partial charge >= 0.3 is 68.9 Å². The molecule has 2 rings (SSSR count). The molecule has 17 heavy (non-hydrogen) atoms. The Hall–Kier alpha value is 1.38. The fraction of sp³-hybridized carbons (Fsp3) is 0.462. The Balaban J connectivity index is 0.00000144. The maximum atomic E-state index is 5.56. The van der Waals surface area contributed by atoms with E-state index in [1.807, 2.05) is 36.6 Å². The number of ether oxygens (including phenoxy) is 2. The topological polar surface area (TPSA) is 18.5 Å². The van der Waals surface area contributed by atoms with Gasteiger partial charge in [0.15, 0.2) is 0 Å². The van der Waals surface area contributed by atoms with E-state index in [2.05, 4.69) is 13.0 Å². The normalized spacial score (nSPS) is 23.2. The number of para-hydroxylation sites is 1. The molecule has 1 fully saturated rings. The largest absolute Gasteiger partial charge is 1.00 e. The number of hydrogen-bond acceptors (Lipinski definition) is 3. The summed E-state index contributed by atoms with van der Waals surface area (Å²) in [4.78, 5) is 0. The summed E-state index contributed by atoms with van der Waals surface area (Å²) in [6, 6.07) is 8.14. The maximum Gasteiger partial charge on any atom is 1.00 e. The van der Waals surface area contributed by atoms with Crippen molar-refractivity contribution in [2.45, 2.75) is 24.5 Å². The van der Waals surface area contributed by atoms with Crippen LogP contribution in [0, 0.1) is 12.5 Å². The van der Waals surface area contributed by atoms with E-state index in [0.29, 0.717) is 11.4 Å². The van der Waals surface area contributed by atoms with E-state index in [9.17, 15) is 0 Å². The van der Waals surface area contributed by atoms with Crippen molar-refractivity contribution in [3.8, 4) is 5.75 Å². The molecule has 1 aromatic carbocycles. The first-order valence-electron chi connectivity index (χ1n) is 5.52. The average Bonchev–Trinajstić information content (AvgIpc) is 2.73. The molecule has 0 N–H and O–H groups in total. The fourth-order valence-corrected chi connectivity index (χ4v) is 2.93. The molecule has 0 aromatic heterocycles. The zero-order chi connectivity index (χ0) is 11.4. The SMILES string of the molecule is COc1ccccc1CSC1C[C@@H](C)[CH-]O1.[Cs+]. The number of thioether (sulfide) groups is 1. The smallest absolute Gasteiger partial charge is 0.542 e. The Labute approximate surface area is 167 Å². The van der Waals surface area contributed by atoms with Crippen LogP contribution in [0.3, 0.4) is 0 Å². The van der Waals surface area contributed by atoms with Crippen LogP contribution in [0.25, 0.3) is 0 Å². The predicted octanol–water partition coefficient (Wildman–Crippen LogP) is 0.477. The second-order valence-corrected chi connectivity index (χ2v) is 5.19. The summed E-state index contributed by atoms with van der Waals surface area (Å²) < 4.78 is 10.9. The zero-order valence-corrected chi connectivity index (χ0v) is 17.8. The molecule has 0 bridgehead atoms. The van der Waals surface area contributed by atoms with Gasteiger partial charge < -0.3 is 9.47 Å². The molecule has 1 heterocycles. The molecule has 0 spiro atoms. The minimum Gasteiger partial charge on any atom is -0.542 e. The van der Waals surface area contributed by atoms with Crippen molar-refractivity contribution in [3.63, 3.8) is 0 Å². The first-order valence-corrected chi connectivity index (χ1v) is 6.56. The molecule has 1 aliphatic rings. The zero-order valence-electron chi connectivity index (χ0n) is 10.7. The molecule has 0 radical (unpaired) electrons. The standard InChI is InChI=1S/C13H17O2S.Cs/c1-10-7-13(15-8-10)16-9-11-5-3-4-6-12(11)14-2;/h3-6,8,10,13H,7,9H2,1-2H3;/q-1;+1/t10-,13?;/m1./s1. The van der Waals surface area contributed by atoms with Crippen molar-refractivity contribution in [2.24, 2.45) is 5.92 Å². The molecular formula is C13H17CsO2S. The van der Waals surface area contributed by atoms with Crippen LogP contribution in [-0.4, -0.2) is 12.5 Å². The summed E-state index contributed by atoms with van der Waals surface area (Å²) >= 11 is 1.84. The van der Waals surface area contributed by atoms with Gasteiger partial charge in [-0.25, -0.2) is 6.61 Å². The van der Waals surface area contributed by atoms with Crippen LogP contribution in [0.15, 0.2) is 24.3 Å². The summed E-state index contributed by atoms with van der Waals surface area (Å²) in [5, 5.41) is 0. The molecule has 2 nitrogen and oxygen atoms in total. The third-order valence-electron chi connectivity index (χ3n) is 2.64. The van der Waals surface area contributed by atoms with Gasteiger partial charge in [0.05, 0.1) is 12.5 Å². The Bertz CT molecular complexity index is 346. The van der Waals surface area contributed by atoms with E-state index < -0.39 is 0 Å². The van der Waals surface area contributed by atoms with Crippen molar-refractivity contribution >= 4 is 11.8 Å². The van der Waals surface area contributed by atoms with Gasteiger partial charge in [0.1, 0.15) is 5.75 Å². The fourth-order valence-electron chi connectivity index (χ4n) is 1.75. The third kappa shape index (κ3) is 5.11. The van der Waals surface area contributed by atoms with Crippen molar-refractivity contribution in [1.82, 2.24) is 0 Å². The molecule has 88 valence electrons. The van der Waals surface area contributed by atoms with Crippen molar-refractivity contribution in [2.75, 3.05) is 7.11 Å². The molecule has 0 amide bonds. The summed E-state index contributed by atoms with van der Waals surface area (Å²) in [7, 11) is 1.71. The number of hydrogen-bond donors (Lipinski definition) is 0. The van der Waals surface area contributed by atoms with Gasteiger partial charge in [-0.05, 0) is 12.5 Å². The second kappa shape index (κ2) is 8.53. The predicted molar refractivity (Wildman–Crippen MR) is 67.2 cm³/mol. The van der Waals surface area contributed by atoms with Crippen LogP contribution in [0.2, 0.25) is 0 Å². The van der Waals surface area contributed by atoms with Crippen LogP contribution in [0.5, 0.6) is 5.75 Å². The molecule has 1 unspecified atom stereocenters. The Kier molecular flexibility index (Phi) is 8.25. The van der Waals surface area contributed by atoms with E-state index in [1.165, 1.54) is 5.56 Å². The quantitative estimate of drug-likeness (QED) is 0.719. The average molecular weight is 370 g/mol. The molecule has 0 aliphatic carbocycles. The Morgan fingerprint density at radius 3 is 2.88 bits per heavy atom. The molecule has 1 aromatic rings. The van der Waals surface area contributed by atoms with Gasteiger partial charge in [-0.15, -0.1) is 17.7 Å². The van der Waals surface area contributed by atoms with Crippen molar-refractivity contribution in [3.05, 3.63) is 36.4 Å². The van der Waals surface area contributed by atoms with Gasteiger partial charge in [0, 0.05) is 11.3 Å². The first-order chi connectivity index (χ1) is 7.79. The van der Waals surface area contributed by atoms with Gasteiger partial charge in [-0.3, -0.25) is 0 Å². The second-order valence-electron chi connectivity index (χ2n) is 4.04. The first kappa shape index (κ1) is 16.4. The van der Waals surface area contributed by atoms with E-state index in [0.717, 1.165) is 17.9 Å². The van der Waals surface area contributed by atoms with Crippen molar-refractivity contribution in [1.29, 1.82) is 0 Å². The van der Waals surface area contributed by atoms with Crippen molar-refractivity contribution < 1.29 is 78.4 Å². The van der Waals surface area contributed by atoms with Crippen LogP contribution in [0.4, 0.5) is 0 Å².